The van der Waals surface area contributed by atoms with Crippen LogP contribution in [-0.4, -0.2) is 95.4 Å². The van der Waals surface area contributed by atoms with Crippen LogP contribution in [0.2, 0.25) is 12.1 Å². The van der Waals surface area contributed by atoms with Crippen molar-refractivity contribution in [2.75, 3.05) is 72.1 Å². The van der Waals surface area contributed by atoms with Gasteiger partial charge in [0.05, 0.1) is 0 Å². The van der Waals surface area contributed by atoms with Gasteiger partial charge in [0.15, 0.2) is 0 Å². The molecule has 0 aliphatic carbocycles. The van der Waals surface area contributed by atoms with Crippen molar-refractivity contribution >= 4 is 8.56 Å². The summed E-state index contributed by atoms with van der Waals surface area (Å²) < 4.78 is 13.1. The fourth-order valence-electron chi connectivity index (χ4n) is 7.24. The summed E-state index contributed by atoms with van der Waals surface area (Å²) in [4.78, 5) is 8.18. The van der Waals surface area contributed by atoms with E-state index >= 15 is 0 Å². The number of nitrogens with zero attached hydrogens (tertiary/aromatic N) is 3. The average molecular weight is 614 g/mol. The van der Waals surface area contributed by atoms with Crippen molar-refractivity contribution < 1.29 is 8.85 Å². The van der Waals surface area contributed by atoms with Gasteiger partial charge in [-0.1, -0.05) is 48.5 Å². The highest BCUT2D eigenvalue weighted by molar-refractivity contribution is 6.67. The van der Waals surface area contributed by atoms with Crippen LogP contribution in [0.5, 0.6) is 0 Å². The van der Waals surface area contributed by atoms with Gasteiger partial charge >= 0.3 is 8.56 Å². The second-order valence-electron chi connectivity index (χ2n) is 13.0. The molecule has 0 unspecified atom stereocenters. The largest absolute Gasteiger partial charge is 0.394 e. The van der Waals surface area contributed by atoms with E-state index in [1.54, 1.807) is 0 Å². The molecule has 254 valence electrons. The lowest BCUT2D eigenvalue weighted by Gasteiger charge is -2.39. The molecular formula is C36H79N3O2Si. The minimum atomic E-state index is -2.17. The van der Waals surface area contributed by atoms with Crippen molar-refractivity contribution in [3.05, 3.63) is 0 Å². The third-order valence-corrected chi connectivity index (χ3v) is 12.9. The Balaban J connectivity index is 6.05. The molecule has 0 saturated carbocycles. The predicted molar refractivity (Wildman–Crippen MR) is 190 cm³/mol. The molecule has 0 heterocycles. The maximum Gasteiger partial charge on any atom is 0.337 e. The molecule has 0 aromatic carbocycles. The molecule has 0 fully saturated rings. The van der Waals surface area contributed by atoms with Crippen LogP contribution in [0.3, 0.4) is 0 Å². The van der Waals surface area contributed by atoms with Crippen LogP contribution in [0.25, 0.3) is 0 Å². The lowest BCUT2D eigenvalue weighted by molar-refractivity contribution is 0.138. The van der Waals surface area contributed by atoms with E-state index in [2.05, 4.69) is 77.0 Å². The second-order valence-corrected chi connectivity index (χ2v) is 16.6. The Bertz CT molecular complexity index is 501. The molecule has 0 saturated heterocycles. The van der Waals surface area contributed by atoms with Crippen LogP contribution in [0.1, 0.15) is 146 Å². The first-order valence-electron chi connectivity index (χ1n) is 18.8. The van der Waals surface area contributed by atoms with Crippen LogP contribution < -0.4 is 0 Å². The van der Waals surface area contributed by atoms with E-state index in [0.29, 0.717) is 5.41 Å². The van der Waals surface area contributed by atoms with Crippen LogP contribution in [0.15, 0.2) is 0 Å². The fraction of sp³-hybridized carbons (Fsp3) is 1.00. The summed E-state index contributed by atoms with van der Waals surface area (Å²) in [6.45, 7) is 33.4. The van der Waals surface area contributed by atoms with Crippen LogP contribution >= 0.6 is 0 Å². The molecule has 6 heteroatoms. The van der Waals surface area contributed by atoms with Gasteiger partial charge in [-0.3, -0.25) is 0 Å². The van der Waals surface area contributed by atoms with Gasteiger partial charge in [-0.15, -0.1) is 0 Å². The Kier molecular flexibility index (Phi) is 27.3. The van der Waals surface area contributed by atoms with Gasteiger partial charge in [-0.2, -0.15) is 0 Å². The molecule has 0 aromatic heterocycles. The minimum Gasteiger partial charge on any atom is -0.394 e. The van der Waals surface area contributed by atoms with E-state index in [1.165, 1.54) is 142 Å². The highest BCUT2D eigenvalue weighted by atomic mass is 28.4. The maximum atomic E-state index is 6.53. The summed E-state index contributed by atoms with van der Waals surface area (Å²) in [5.41, 5.74) is 0.389. The van der Waals surface area contributed by atoms with Gasteiger partial charge in [0.25, 0.3) is 0 Å². The zero-order valence-electron chi connectivity index (χ0n) is 30.5. The Morgan fingerprint density at radius 1 is 0.429 bits per heavy atom. The third kappa shape index (κ3) is 18.7. The normalized spacial score (nSPS) is 12.9. The van der Waals surface area contributed by atoms with Gasteiger partial charge in [0.2, 0.25) is 0 Å². The first-order valence-corrected chi connectivity index (χ1v) is 21.0. The topological polar surface area (TPSA) is 28.2 Å². The average Bonchev–Trinajstić information content (AvgIpc) is 2.97. The summed E-state index contributed by atoms with van der Waals surface area (Å²) in [5, 5.41) is 0. The number of rotatable bonds is 32. The number of hydrogen-bond acceptors (Lipinski definition) is 5. The molecule has 0 aromatic rings. The Labute approximate surface area is 267 Å². The molecule has 0 amide bonds. The van der Waals surface area contributed by atoms with E-state index in [-0.39, 0.29) is 0 Å². The summed E-state index contributed by atoms with van der Waals surface area (Å²) >= 11 is 0. The zero-order valence-corrected chi connectivity index (χ0v) is 31.5. The lowest BCUT2D eigenvalue weighted by Crippen LogP contribution is -2.43. The predicted octanol–water partition coefficient (Wildman–Crippen LogP) is 9.60. The second kappa shape index (κ2) is 27.3. The van der Waals surface area contributed by atoms with E-state index < -0.39 is 8.56 Å². The van der Waals surface area contributed by atoms with E-state index in [9.17, 15) is 0 Å². The van der Waals surface area contributed by atoms with Crippen molar-refractivity contribution in [2.24, 2.45) is 5.41 Å². The summed E-state index contributed by atoms with van der Waals surface area (Å²) in [5.74, 6) is 0. The smallest absolute Gasteiger partial charge is 0.337 e. The van der Waals surface area contributed by atoms with Crippen molar-refractivity contribution in [3.8, 4) is 0 Å². The van der Waals surface area contributed by atoms with E-state index in [1.807, 2.05) is 0 Å². The highest BCUT2D eigenvalue weighted by Crippen LogP contribution is 2.42. The van der Waals surface area contributed by atoms with Gasteiger partial charge in [0.1, 0.15) is 0 Å². The molecule has 0 radical (unpaired) electrons. The summed E-state index contributed by atoms with van der Waals surface area (Å²) in [6.07, 6.45) is 16.9. The maximum absolute atomic E-state index is 6.53. The SMILES string of the molecule is CCCN(CCC)CCCC(CCCN(CCC)CCC)(CCCN(CCC)CCC)CC[Si](CC)(OCC)OCC. The summed E-state index contributed by atoms with van der Waals surface area (Å²) in [6, 6.07) is 2.22. The van der Waals surface area contributed by atoms with Crippen LogP contribution in [-0.2, 0) is 8.85 Å². The monoisotopic (exact) mass is 614 g/mol. The molecular weight excluding hydrogens is 535 g/mol. The van der Waals surface area contributed by atoms with Gasteiger partial charge in [-0.25, -0.2) is 0 Å². The van der Waals surface area contributed by atoms with Crippen LogP contribution in [0.4, 0.5) is 0 Å². The molecule has 42 heavy (non-hydrogen) atoms. The van der Waals surface area contributed by atoms with E-state index in [0.717, 1.165) is 25.3 Å². The van der Waals surface area contributed by atoms with Gasteiger partial charge in [-0.05, 0) is 174 Å². The quantitative estimate of drug-likeness (QED) is 0.0705. The van der Waals surface area contributed by atoms with Crippen molar-refractivity contribution in [2.45, 2.75) is 158 Å². The molecule has 0 bridgehead atoms. The molecule has 0 rings (SSSR count). The van der Waals surface area contributed by atoms with Crippen molar-refractivity contribution in [1.82, 2.24) is 14.7 Å². The molecule has 0 N–H and O–H groups in total. The number of hydrogen-bond donors (Lipinski definition) is 0. The Morgan fingerprint density at radius 2 is 0.738 bits per heavy atom. The molecule has 0 spiro atoms. The highest BCUT2D eigenvalue weighted by Gasteiger charge is 2.39. The molecule has 0 aliphatic rings. The standard InChI is InChI=1S/C36H79N3O2Si/c1-10-26-37(27-11-2)32-19-22-36(23-20-33-38(28-12-3)29-13-4,24-21-34-39(30-14-5)31-15-6)25-35-42(18-9,40-16-7)41-17-8/h10-35H2,1-9H3. The van der Waals surface area contributed by atoms with Crippen LogP contribution in [0, 0.1) is 5.41 Å². The van der Waals surface area contributed by atoms with E-state index in [4.69, 9.17) is 8.85 Å². The molecule has 0 aliphatic heterocycles. The first-order chi connectivity index (χ1) is 20.4. The first kappa shape index (κ1) is 42.0. The van der Waals surface area contributed by atoms with Crippen molar-refractivity contribution in [3.63, 3.8) is 0 Å². The fourth-order valence-corrected chi connectivity index (χ4v) is 10.3. The third-order valence-electron chi connectivity index (χ3n) is 9.17. The van der Waals surface area contributed by atoms with Gasteiger partial charge in [0, 0.05) is 13.2 Å². The molecule has 5 nitrogen and oxygen atoms in total. The molecule has 0 atom stereocenters. The van der Waals surface area contributed by atoms with Gasteiger partial charge < -0.3 is 23.6 Å². The minimum absolute atomic E-state index is 0.389. The Morgan fingerprint density at radius 3 is 0.976 bits per heavy atom. The zero-order chi connectivity index (χ0) is 31.5. The lowest BCUT2D eigenvalue weighted by atomic mass is 9.73. The summed E-state index contributed by atoms with van der Waals surface area (Å²) in [7, 11) is -2.17. The van der Waals surface area contributed by atoms with Crippen molar-refractivity contribution in [1.29, 1.82) is 0 Å². The Hall–Kier alpha value is 0.0169.